The molecular formula is C19H20N4O4S. The highest BCUT2D eigenvalue weighted by atomic mass is 32.2. The third-order valence-electron chi connectivity index (χ3n) is 4.17. The number of hydrogen-bond donors (Lipinski definition) is 1. The molecule has 1 amide bonds. The van der Waals surface area contributed by atoms with Crippen molar-refractivity contribution >= 4 is 21.6 Å². The number of sulfonamides is 1. The van der Waals surface area contributed by atoms with Gasteiger partial charge in [0.1, 0.15) is 0 Å². The standard InChI is InChI=1S/C19H20N4O4S/c1-13-4-6-14(7-5-13)18-21-17(27-22-18)12-20-19(24)15-8-10-16(11-9-15)23(2)28(3,25)26/h4-11H,12H2,1-3H3,(H,20,24). The second-order valence-corrected chi connectivity index (χ2v) is 8.35. The summed E-state index contributed by atoms with van der Waals surface area (Å²) in [5, 5.41) is 6.62. The number of amides is 1. The number of carbonyl (C=O) groups is 1. The Kier molecular flexibility index (Phi) is 5.46. The second-order valence-electron chi connectivity index (χ2n) is 6.34. The highest BCUT2D eigenvalue weighted by Gasteiger charge is 2.14. The molecule has 0 unspecified atom stereocenters. The maximum Gasteiger partial charge on any atom is 0.251 e. The van der Waals surface area contributed by atoms with E-state index >= 15 is 0 Å². The molecule has 146 valence electrons. The molecule has 0 aliphatic rings. The molecule has 9 heteroatoms. The maximum atomic E-state index is 12.3. The van der Waals surface area contributed by atoms with Crippen molar-refractivity contribution < 1.29 is 17.7 Å². The SMILES string of the molecule is Cc1ccc(-c2noc(CNC(=O)c3ccc(N(C)S(C)(=O)=O)cc3)n2)cc1. The topological polar surface area (TPSA) is 105 Å². The smallest absolute Gasteiger partial charge is 0.251 e. The van der Waals surface area contributed by atoms with Crippen LogP contribution < -0.4 is 9.62 Å². The summed E-state index contributed by atoms with van der Waals surface area (Å²) in [5.41, 5.74) is 2.83. The molecule has 0 saturated heterocycles. The Morgan fingerprint density at radius 2 is 1.75 bits per heavy atom. The number of anilines is 1. The molecule has 1 aromatic heterocycles. The molecule has 1 heterocycles. The fourth-order valence-electron chi connectivity index (χ4n) is 2.42. The van der Waals surface area contributed by atoms with Crippen LogP contribution in [0.5, 0.6) is 0 Å². The van der Waals surface area contributed by atoms with Crippen molar-refractivity contribution in [3.05, 3.63) is 65.5 Å². The van der Waals surface area contributed by atoms with Crippen molar-refractivity contribution in [3.63, 3.8) is 0 Å². The zero-order valence-electron chi connectivity index (χ0n) is 15.7. The van der Waals surface area contributed by atoms with Gasteiger partial charge in [0.25, 0.3) is 5.91 Å². The van der Waals surface area contributed by atoms with Gasteiger partial charge in [0.15, 0.2) is 0 Å². The molecule has 28 heavy (non-hydrogen) atoms. The Morgan fingerprint density at radius 3 is 2.36 bits per heavy atom. The van der Waals surface area contributed by atoms with E-state index in [1.807, 2.05) is 31.2 Å². The van der Waals surface area contributed by atoms with Gasteiger partial charge in [-0.25, -0.2) is 8.42 Å². The van der Waals surface area contributed by atoms with E-state index in [4.69, 9.17) is 4.52 Å². The molecule has 0 spiro atoms. The van der Waals surface area contributed by atoms with Gasteiger partial charge < -0.3 is 9.84 Å². The first kappa shape index (κ1) is 19.6. The number of nitrogens with one attached hydrogen (secondary N) is 1. The van der Waals surface area contributed by atoms with Crippen LogP contribution in [0.15, 0.2) is 53.1 Å². The predicted octanol–water partition coefficient (Wildman–Crippen LogP) is 2.37. The molecule has 0 radical (unpaired) electrons. The first-order valence-corrected chi connectivity index (χ1v) is 10.3. The van der Waals surface area contributed by atoms with Crippen LogP contribution in [0, 0.1) is 6.92 Å². The number of nitrogens with zero attached hydrogens (tertiary/aromatic N) is 3. The van der Waals surface area contributed by atoms with Gasteiger partial charge in [-0.1, -0.05) is 35.0 Å². The predicted molar refractivity (Wildman–Crippen MR) is 105 cm³/mol. The van der Waals surface area contributed by atoms with Crippen molar-refractivity contribution in [2.45, 2.75) is 13.5 Å². The maximum absolute atomic E-state index is 12.3. The highest BCUT2D eigenvalue weighted by Crippen LogP contribution is 2.17. The monoisotopic (exact) mass is 400 g/mol. The van der Waals surface area contributed by atoms with Gasteiger partial charge in [-0.3, -0.25) is 9.10 Å². The molecule has 1 N–H and O–H groups in total. The van der Waals surface area contributed by atoms with Gasteiger partial charge in [-0.05, 0) is 31.2 Å². The molecular weight excluding hydrogens is 380 g/mol. The third-order valence-corrected chi connectivity index (χ3v) is 5.37. The first-order valence-electron chi connectivity index (χ1n) is 8.46. The molecule has 3 aromatic rings. The van der Waals surface area contributed by atoms with Gasteiger partial charge >= 0.3 is 0 Å². The lowest BCUT2D eigenvalue weighted by atomic mass is 10.1. The summed E-state index contributed by atoms with van der Waals surface area (Å²) in [6, 6.07) is 14.0. The van der Waals surface area contributed by atoms with Gasteiger partial charge in [-0.2, -0.15) is 4.98 Å². The zero-order chi connectivity index (χ0) is 20.3. The van der Waals surface area contributed by atoms with Gasteiger partial charge in [0, 0.05) is 18.2 Å². The van der Waals surface area contributed by atoms with Crippen molar-refractivity contribution in [2.75, 3.05) is 17.6 Å². The van der Waals surface area contributed by atoms with E-state index in [2.05, 4.69) is 15.5 Å². The molecule has 3 rings (SSSR count). The van der Waals surface area contributed by atoms with E-state index in [0.29, 0.717) is 17.1 Å². The second kappa shape index (κ2) is 7.81. The van der Waals surface area contributed by atoms with E-state index in [-0.39, 0.29) is 18.3 Å². The van der Waals surface area contributed by atoms with E-state index in [1.54, 1.807) is 24.3 Å². The van der Waals surface area contributed by atoms with E-state index < -0.39 is 10.0 Å². The fourth-order valence-corrected chi connectivity index (χ4v) is 2.92. The molecule has 0 atom stereocenters. The zero-order valence-corrected chi connectivity index (χ0v) is 16.5. The van der Waals surface area contributed by atoms with Crippen LogP contribution in [0.1, 0.15) is 21.8 Å². The lowest BCUT2D eigenvalue weighted by Crippen LogP contribution is -2.25. The minimum Gasteiger partial charge on any atom is -0.343 e. The average Bonchev–Trinajstić information content (AvgIpc) is 3.14. The Bertz CT molecular complexity index is 1070. The van der Waals surface area contributed by atoms with Crippen LogP contribution in [-0.4, -0.2) is 37.8 Å². The summed E-state index contributed by atoms with van der Waals surface area (Å²) in [7, 11) is -1.90. The van der Waals surface area contributed by atoms with Crippen LogP contribution in [0.2, 0.25) is 0 Å². The molecule has 0 aliphatic carbocycles. The quantitative estimate of drug-likeness (QED) is 0.681. The first-order chi connectivity index (χ1) is 13.2. The lowest BCUT2D eigenvalue weighted by molar-refractivity contribution is 0.0946. The van der Waals surface area contributed by atoms with Crippen LogP contribution >= 0.6 is 0 Å². The Morgan fingerprint density at radius 1 is 1.11 bits per heavy atom. The number of aryl methyl sites for hydroxylation is 1. The largest absolute Gasteiger partial charge is 0.343 e. The number of aromatic nitrogens is 2. The van der Waals surface area contributed by atoms with Crippen molar-refractivity contribution in [3.8, 4) is 11.4 Å². The molecule has 8 nitrogen and oxygen atoms in total. The molecule has 0 aliphatic heterocycles. The number of hydrogen-bond acceptors (Lipinski definition) is 6. The summed E-state index contributed by atoms with van der Waals surface area (Å²) in [6.45, 7) is 2.08. The van der Waals surface area contributed by atoms with Crippen molar-refractivity contribution in [1.29, 1.82) is 0 Å². The average molecular weight is 400 g/mol. The number of benzene rings is 2. The van der Waals surface area contributed by atoms with Crippen LogP contribution in [0.4, 0.5) is 5.69 Å². The minimum absolute atomic E-state index is 0.0860. The Labute approximate surface area is 163 Å². The summed E-state index contributed by atoms with van der Waals surface area (Å²) in [6.07, 6.45) is 1.11. The van der Waals surface area contributed by atoms with Crippen molar-refractivity contribution in [2.24, 2.45) is 0 Å². The Hall–Kier alpha value is -3.20. The molecule has 0 fully saturated rings. The highest BCUT2D eigenvalue weighted by molar-refractivity contribution is 7.92. The lowest BCUT2D eigenvalue weighted by Gasteiger charge is -2.16. The van der Waals surface area contributed by atoms with E-state index in [9.17, 15) is 13.2 Å². The van der Waals surface area contributed by atoms with Crippen LogP contribution in [0.25, 0.3) is 11.4 Å². The normalized spacial score (nSPS) is 11.2. The summed E-state index contributed by atoms with van der Waals surface area (Å²) >= 11 is 0. The van der Waals surface area contributed by atoms with Gasteiger partial charge in [0.05, 0.1) is 18.5 Å². The molecule has 0 bridgehead atoms. The summed E-state index contributed by atoms with van der Waals surface area (Å²) < 4.78 is 29.4. The summed E-state index contributed by atoms with van der Waals surface area (Å²) in [4.78, 5) is 16.6. The number of rotatable bonds is 6. The van der Waals surface area contributed by atoms with Crippen LogP contribution in [-0.2, 0) is 16.6 Å². The Balaban J connectivity index is 1.62. The van der Waals surface area contributed by atoms with Gasteiger partial charge in [0.2, 0.25) is 21.7 Å². The van der Waals surface area contributed by atoms with Crippen molar-refractivity contribution in [1.82, 2.24) is 15.5 Å². The van der Waals surface area contributed by atoms with Gasteiger partial charge in [-0.15, -0.1) is 0 Å². The minimum atomic E-state index is -3.35. The van der Waals surface area contributed by atoms with E-state index in [1.165, 1.54) is 7.05 Å². The molecule has 2 aromatic carbocycles. The third kappa shape index (κ3) is 4.55. The molecule has 0 saturated carbocycles. The fraction of sp³-hybridized carbons (Fsp3) is 0.211. The number of carbonyl (C=O) groups excluding carboxylic acids is 1. The van der Waals surface area contributed by atoms with Crippen LogP contribution in [0.3, 0.4) is 0 Å². The summed E-state index contributed by atoms with van der Waals surface area (Å²) in [5.74, 6) is 0.415. The van der Waals surface area contributed by atoms with E-state index in [0.717, 1.165) is 21.7 Å².